The number of methoxy groups -OCH3 is 1. The number of anilines is 1. The molecule has 2 N–H and O–H groups in total. The molecule has 2 rings (SSSR count). The van der Waals surface area contributed by atoms with Crippen LogP contribution in [0.3, 0.4) is 0 Å². The molecular formula is C14H16N2O3S2. The normalized spacial score (nSPS) is 10.2. The van der Waals surface area contributed by atoms with Crippen LogP contribution >= 0.6 is 23.6 Å². The fourth-order valence-corrected chi connectivity index (χ4v) is 2.93. The zero-order valence-corrected chi connectivity index (χ0v) is 13.4. The van der Waals surface area contributed by atoms with Crippen molar-refractivity contribution in [1.29, 1.82) is 0 Å². The predicted octanol–water partition coefficient (Wildman–Crippen LogP) is 3.18. The average molecular weight is 324 g/mol. The lowest BCUT2D eigenvalue weighted by atomic mass is 10.2. The van der Waals surface area contributed by atoms with Gasteiger partial charge in [0.15, 0.2) is 5.11 Å². The van der Waals surface area contributed by atoms with Crippen LogP contribution in [0.5, 0.6) is 0 Å². The van der Waals surface area contributed by atoms with Crippen molar-refractivity contribution < 1.29 is 13.9 Å². The highest BCUT2D eigenvalue weighted by atomic mass is 32.1. The average Bonchev–Trinajstić information content (AvgIpc) is 3.13. The molecule has 0 spiro atoms. The molecule has 0 aliphatic carbocycles. The number of thiophene rings is 1. The van der Waals surface area contributed by atoms with Crippen molar-refractivity contribution in [2.75, 3.05) is 12.4 Å². The van der Waals surface area contributed by atoms with Crippen molar-refractivity contribution >= 4 is 39.6 Å². The highest BCUT2D eigenvalue weighted by Crippen LogP contribution is 2.29. The number of rotatable bonds is 5. The van der Waals surface area contributed by atoms with Crippen LogP contribution in [0, 0.1) is 0 Å². The molecule has 0 unspecified atom stereocenters. The van der Waals surface area contributed by atoms with Gasteiger partial charge in [-0.2, -0.15) is 0 Å². The van der Waals surface area contributed by atoms with Gasteiger partial charge in [0.25, 0.3) is 0 Å². The maximum absolute atomic E-state index is 11.8. The van der Waals surface area contributed by atoms with Gasteiger partial charge in [0.2, 0.25) is 0 Å². The molecule has 2 heterocycles. The Hall–Kier alpha value is -1.86. The number of aryl methyl sites for hydroxylation is 1. The second-order valence-corrected chi connectivity index (χ2v) is 5.73. The third-order valence-corrected chi connectivity index (χ3v) is 4.21. The van der Waals surface area contributed by atoms with Gasteiger partial charge < -0.3 is 19.8 Å². The number of carbonyl (C=O) groups excluding carboxylic acids is 1. The molecule has 0 aliphatic heterocycles. The van der Waals surface area contributed by atoms with Crippen molar-refractivity contribution in [2.24, 2.45) is 0 Å². The second kappa shape index (κ2) is 7.24. The number of hydrogen-bond acceptors (Lipinski definition) is 5. The van der Waals surface area contributed by atoms with Gasteiger partial charge in [0.1, 0.15) is 10.8 Å². The Labute approximate surface area is 132 Å². The SMILES string of the molecule is CCc1cc(C(=O)OC)c(NC(=S)NCc2ccco2)s1. The Kier molecular flexibility index (Phi) is 5.35. The van der Waals surface area contributed by atoms with Crippen LogP contribution in [0.15, 0.2) is 28.9 Å². The number of thiocarbonyl (C=S) groups is 1. The smallest absolute Gasteiger partial charge is 0.340 e. The van der Waals surface area contributed by atoms with E-state index >= 15 is 0 Å². The van der Waals surface area contributed by atoms with Crippen LogP contribution in [0.25, 0.3) is 0 Å². The molecule has 0 aromatic carbocycles. The Morgan fingerprint density at radius 3 is 2.95 bits per heavy atom. The lowest BCUT2D eigenvalue weighted by Crippen LogP contribution is -2.28. The summed E-state index contributed by atoms with van der Waals surface area (Å²) in [5.41, 5.74) is 0.501. The lowest BCUT2D eigenvalue weighted by Gasteiger charge is -2.09. The van der Waals surface area contributed by atoms with Crippen molar-refractivity contribution in [2.45, 2.75) is 19.9 Å². The van der Waals surface area contributed by atoms with E-state index in [1.807, 2.05) is 25.1 Å². The first-order valence-electron chi connectivity index (χ1n) is 6.42. The standard InChI is InChI=1S/C14H16N2O3S2/c1-3-10-7-11(13(17)18-2)12(21-10)16-14(20)15-8-9-5-4-6-19-9/h4-7H,3,8H2,1-2H3,(H2,15,16,20). The first-order chi connectivity index (χ1) is 10.1. The number of ether oxygens (including phenoxy) is 1. The van der Waals surface area contributed by atoms with E-state index in [0.29, 0.717) is 22.2 Å². The summed E-state index contributed by atoms with van der Waals surface area (Å²) in [7, 11) is 1.36. The first kappa shape index (κ1) is 15.5. The van der Waals surface area contributed by atoms with Crippen molar-refractivity contribution in [3.05, 3.63) is 40.7 Å². The van der Waals surface area contributed by atoms with Crippen molar-refractivity contribution in [3.63, 3.8) is 0 Å². The third kappa shape index (κ3) is 4.05. The van der Waals surface area contributed by atoms with Gasteiger partial charge >= 0.3 is 5.97 Å². The molecule has 2 aromatic heterocycles. The maximum atomic E-state index is 11.8. The van der Waals surface area contributed by atoms with Crippen LogP contribution in [-0.2, 0) is 17.7 Å². The van der Waals surface area contributed by atoms with E-state index in [0.717, 1.165) is 17.1 Å². The lowest BCUT2D eigenvalue weighted by molar-refractivity contribution is 0.0602. The molecular weight excluding hydrogens is 308 g/mol. The minimum absolute atomic E-state index is 0.373. The topological polar surface area (TPSA) is 63.5 Å². The molecule has 0 aliphatic rings. The van der Waals surface area contributed by atoms with Crippen LogP contribution in [0.1, 0.15) is 27.9 Å². The summed E-state index contributed by atoms with van der Waals surface area (Å²) in [4.78, 5) is 12.8. The van der Waals surface area contributed by atoms with Gasteiger partial charge in [-0.3, -0.25) is 0 Å². The predicted molar refractivity (Wildman–Crippen MR) is 86.8 cm³/mol. The summed E-state index contributed by atoms with van der Waals surface area (Å²) in [6.45, 7) is 2.52. The van der Waals surface area contributed by atoms with Gasteiger partial charge in [0.05, 0.1) is 25.5 Å². The summed E-state index contributed by atoms with van der Waals surface area (Å²) in [5, 5.41) is 7.19. The molecule has 0 saturated heterocycles. The quantitative estimate of drug-likeness (QED) is 0.650. The Balaban J connectivity index is 2.02. The van der Waals surface area contributed by atoms with E-state index in [9.17, 15) is 4.79 Å². The minimum Gasteiger partial charge on any atom is -0.467 e. The van der Waals surface area contributed by atoms with Gasteiger partial charge in [-0.1, -0.05) is 6.92 Å². The van der Waals surface area contributed by atoms with E-state index in [1.54, 1.807) is 6.26 Å². The molecule has 0 bridgehead atoms. The van der Waals surface area contributed by atoms with Crippen molar-refractivity contribution in [3.8, 4) is 0 Å². The summed E-state index contributed by atoms with van der Waals surface area (Å²) < 4.78 is 10.00. The van der Waals surface area contributed by atoms with E-state index in [2.05, 4.69) is 10.6 Å². The molecule has 5 nitrogen and oxygen atoms in total. The number of hydrogen-bond donors (Lipinski definition) is 2. The Bertz CT molecular complexity index is 620. The van der Waals surface area contributed by atoms with Gasteiger partial charge in [-0.25, -0.2) is 4.79 Å². The van der Waals surface area contributed by atoms with Crippen LogP contribution in [0.4, 0.5) is 5.00 Å². The van der Waals surface area contributed by atoms with Gasteiger partial charge in [-0.15, -0.1) is 11.3 Å². The van der Waals surface area contributed by atoms with E-state index < -0.39 is 0 Å². The molecule has 112 valence electrons. The van der Waals surface area contributed by atoms with Crippen molar-refractivity contribution in [1.82, 2.24) is 5.32 Å². The molecule has 0 atom stereocenters. The van der Waals surface area contributed by atoms with Gasteiger partial charge in [-0.05, 0) is 36.8 Å². The zero-order chi connectivity index (χ0) is 15.2. The first-order valence-corrected chi connectivity index (χ1v) is 7.64. The highest BCUT2D eigenvalue weighted by Gasteiger charge is 2.17. The fraction of sp³-hybridized carbons (Fsp3) is 0.286. The highest BCUT2D eigenvalue weighted by molar-refractivity contribution is 7.80. The molecule has 0 radical (unpaired) electrons. The fourth-order valence-electron chi connectivity index (χ4n) is 1.70. The number of carbonyl (C=O) groups is 1. The minimum atomic E-state index is -0.373. The van der Waals surface area contributed by atoms with E-state index in [4.69, 9.17) is 21.4 Å². The number of furan rings is 1. The number of nitrogens with one attached hydrogen (secondary N) is 2. The van der Waals surface area contributed by atoms with E-state index in [1.165, 1.54) is 18.4 Å². The van der Waals surface area contributed by atoms with E-state index in [-0.39, 0.29) is 5.97 Å². The largest absolute Gasteiger partial charge is 0.467 e. The molecule has 7 heteroatoms. The van der Waals surface area contributed by atoms with Crippen LogP contribution in [0.2, 0.25) is 0 Å². The molecule has 21 heavy (non-hydrogen) atoms. The molecule has 2 aromatic rings. The Morgan fingerprint density at radius 2 is 2.33 bits per heavy atom. The maximum Gasteiger partial charge on any atom is 0.340 e. The zero-order valence-electron chi connectivity index (χ0n) is 11.8. The molecule has 0 fully saturated rings. The Morgan fingerprint density at radius 1 is 1.52 bits per heavy atom. The number of esters is 1. The summed E-state index contributed by atoms with van der Waals surface area (Å²) >= 11 is 6.72. The monoisotopic (exact) mass is 324 g/mol. The van der Waals surface area contributed by atoms with Gasteiger partial charge in [0, 0.05) is 4.88 Å². The molecule has 0 saturated carbocycles. The molecule has 0 amide bonds. The summed E-state index contributed by atoms with van der Waals surface area (Å²) in [6, 6.07) is 5.50. The van der Waals surface area contributed by atoms with Crippen LogP contribution < -0.4 is 10.6 Å². The second-order valence-electron chi connectivity index (χ2n) is 4.19. The van der Waals surface area contributed by atoms with Crippen LogP contribution in [-0.4, -0.2) is 18.2 Å². The summed E-state index contributed by atoms with van der Waals surface area (Å²) in [6.07, 6.45) is 2.46. The third-order valence-electron chi connectivity index (χ3n) is 2.77. The summed E-state index contributed by atoms with van der Waals surface area (Å²) in [5.74, 6) is 0.412.